The van der Waals surface area contributed by atoms with E-state index in [9.17, 15) is 0 Å². The van der Waals surface area contributed by atoms with Crippen LogP contribution in [0.3, 0.4) is 0 Å². The molecule has 0 aromatic carbocycles. The van der Waals surface area contributed by atoms with E-state index >= 15 is 0 Å². The van der Waals surface area contributed by atoms with Gasteiger partial charge in [-0.3, -0.25) is 0 Å². The van der Waals surface area contributed by atoms with E-state index in [4.69, 9.17) is 0 Å². The highest BCUT2D eigenvalue weighted by atomic mass is 14.6. The molecule has 4 unspecified atom stereocenters. The van der Waals surface area contributed by atoms with Gasteiger partial charge in [0, 0.05) is 0 Å². The second-order valence-corrected chi connectivity index (χ2v) is 10.3. The van der Waals surface area contributed by atoms with Crippen LogP contribution in [0.5, 0.6) is 0 Å². The summed E-state index contributed by atoms with van der Waals surface area (Å²) < 4.78 is 0. The van der Waals surface area contributed by atoms with Crippen molar-refractivity contribution in [3.63, 3.8) is 0 Å². The van der Waals surface area contributed by atoms with Gasteiger partial charge in [-0.15, -0.1) is 0 Å². The minimum atomic E-state index is 0.625. The Kier molecular flexibility index (Phi) is 4.81. The van der Waals surface area contributed by atoms with Crippen molar-refractivity contribution in [2.45, 2.75) is 104 Å². The first-order valence-electron chi connectivity index (χ1n) is 11.2. The van der Waals surface area contributed by atoms with Gasteiger partial charge in [0.25, 0.3) is 0 Å². The smallest absolute Gasteiger partial charge is 0.0295 e. The molecule has 23 heavy (non-hydrogen) atoms. The summed E-state index contributed by atoms with van der Waals surface area (Å²) in [5.41, 5.74) is 0.625. The highest BCUT2D eigenvalue weighted by Crippen LogP contribution is 2.61. The van der Waals surface area contributed by atoms with Crippen molar-refractivity contribution in [3.05, 3.63) is 0 Å². The number of rotatable bonds is 3. The lowest BCUT2D eigenvalue weighted by molar-refractivity contribution is 0.0620. The van der Waals surface area contributed by atoms with Gasteiger partial charge in [-0.05, 0) is 73.0 Å². The van der Waals surface area contributed by atoms with Crippen molar-refractivity contribution in [1.82, 2.24) is 0 Å². The lowest BCUT2D eigenvalue weighted by atomic mass is 9.62. The number of fused-ring (bicyclic) bond motifs is 1. The molecule has 4 rings (SSSR count). The van der Waals surface area contributed by atoms with Crippen molar-refractivity contribution in [1.29, 1.82) is 0 Å². The van der Waals surface area contributed by atoms with E-state index in [1.54, 1.807) is 38.5 Å². The Balaban J connectivity index is 1.54. The second-order valence-electron chi connectivity index (χ2n) is 10.3. The van der Waals surface area contributed by atoms with E-state index in [0.717, 1.165) is 35.5 Å². The molecule has 0 nitrogen and oxygen atoms in total. The van der Waals surface area contributed by atoms with Gasteiger partial charge in [0.15, 0.2) is 0 Å². The topological polar surface area (TPSA) is 0 Å². The fourth-order valence-corrected chi connectivity index (χ4v) is 7.79. The Hall–Kier alpha value is 0. The minimum Gasteiger partial charge on any atom is -0.0594 e. The zero-order valence-electron chi connectivity index (χ0n) is 15.9. The van der Waals surface area contributed by atoms with E-state index in [1.807, 2.05) is 0 Å². The predicted molar refractivity (Wildman–Crippen MR) is 99.4 cm³/mol. The van der Waals surface area contributed by atoms with Crippen molar-refractivity contribution in [2.24, 2.45) is 40.9 Å². The Bertz CT molecular complexity index is 383. The second kappa shape index (κ2) is 6.72. The first-order chi connectivity index (χ1) is 11.2. The Labute approximate surface area is 145 Å². The molecule has 132 valence electrons. The molecule has 0 heteroatoms. The van der Waals surface area contributed by atoms with Crippen molar-refractivity contribution >= 4 is 0 Å². The SMILES string of the molecule is CC(C)(C1CCCC1)C1CC(C2CCCCC2)C2CCCCC21. The molecule has 0 radical (unpaired) electrons. The monoisotopic (exact) mass is 316 g/mol. The van der Waals surface area contributed by atoms with Crippen LogP contribution < -0.4 is 0 Å². The Morgan fingerprint density at radius 2 is 1.13 bits per heavy atom. The highest BCUT2D eigenvalue weighted by Gasteiger charge is 2.53. The van der Waals surface area contributed by atoms with Gasteiger partial charge in [0.1, 0.15) is 0 Å². The third-order valence-corrected chi connectivity index (χ3v) is 9.09. The van der Waals surface area contributed by atoms with Gasteiger partial charge in [0.2, 0.25) is 0 Å². The van der Waals surface area contributed by atoms with E-state index < -0.39 is 0 Å². The van der Waals surface area contributed by atoms with Gasteiger partial charge >= 0.3 is 0 Å². The number of hydrogen-bond donors (Lipinski definition) is 0. The zero-order valence-corrected chi connectivity index (χ0v) is 15.9. The van der Waals surface area contributed by atoms with Crippen LogP contribution in [-0.2, 0) is 0 Å². The maximum atomic E-state index is 2.68. The van der Waals surface area contributed by atoms with Crippen LogP contribution in [0.15, 0.2) is 0 Å². The summed E-state index contributed by atoms with van der Waals surface area (Å²) in [5.74, 6) is 6.55. The maximum Gasteiger partial charge on any atom is -0.0295 e. The molecule has 4 aliphatic rings. The quantitative estimate of drug-likeness (QED) is 0.515. The standard InChI is InChI=1S/C23H40/c1-23(2,18-12-6-7-13-18)22-16-21(17-10-4-3-5-11-17)19-14-8-9-15-20(19)22/h17-22H,3-16H2,1-2H3. The summed E-state index contributed by atoms with van der Waals surface area (Å²) in [6.07, 6.45) is 21.7. The molecule has 4 atom stereocenters. The third kappa shape index (κ3) is 3.02. The molecular weight excluding hydrogens is 276 g/mol. The minimum absolute atomic E-state index is 0.625. The zero-order chi connectivity index (χ0) is 15.9. The van der Waals surface area contributed by atoms with Gasteiger partial charge in [-0.1, -0.05) is 71.6 Å². The fraction of sp³-hybridized carbons (Fsp3) is 1.00. The first-order valence-corrected chi connectivity index (χ1v) is 11.2. The lowest BCUT2D eigenvalue weighted by Crippen LogP contribution is -2.35. The molecule has 0 amide bonds. The normalized spacial score (nSPS) is 40.4. The molecule has 0 spiro atoms. The Morgan fingerprint density at radius 1 is 0.565 bits per heavy atom. The molecule has 0 aromatic heterocycles. The summed E-state index contributed by atoms with van der Waals surface area (Å²) in [6, 6.07) is 0. The molecule has 0 N–H and O–H groups in total. The largest absolute Gasteiger partial charge is 0.0594 e. The molecule has 4 aliphatic carbocycles. The van der Waals surface area contributed by atoms with Gasteiger partial charge < -0.3 is 0 Å². The fourth-order valence-electron chi connectivity index (χ4n) is 7.79. The van der Waals surface area contributed by atoms with Crippen molar-refractivity contribution in [2.75, 3.05) is 0 Å². The van der Waals surface area contributed by atoms with E-state index in [2.05, 4.69) is 13.8 Å². The first kappa shape index (κ1) is 16.5. The summed E-state index contributed by atoms with van der Waals surface area (Å²) >= 11 is 0. The average Bonchev–Trinajstić information content (AvgIpc) is 3.24. The highest BCUT2D eigenvalue weighted by molar-refractivity contribution is 5.02. The van der Waals surface area contributed by atoms with Crippen LogP contribution in [0.4, 0.5) is 0 Å². The molecular formula is C23H40. The van der Waals surface area contributed by atoms with Gasteiger partial charge in [-0.25, -0.2) is 0 Å². The van der Waals surface area contributed by atoms with E-state index in [0.29, 0.717) is 5.41 Å². The number of hydrogen-bond acceptors (Lipinski definition) is 0. The molecule has 0 bridgehead atoms. The lowest BCUT2D eigenvalue weighted by Gasteiger charge is -2.43. The molecule has 4 saturated carbocycles. The van der Waals surface area contributed by atoms with Crippen LogP contribution in [0.25, 0.3) is 0 Å². The van der Waals surface area contributed by atoms with Gasteiger partial charge in [0.05, 0.1) is 0 Å². The molecule has 0 aromatic rings. The van der Waals surface area contributed by atoms with E-state index in [-0.39, 0.29) is 0 Å². The van der Waals surface area contributed by atoms with Crippen LogP contribution in [0.2, 0.25) is 0 Å². The van der Waals surface area contributed by atoms with Crippen molar-refractivity contribution < 1.29 is 0 Å². The van der Waals surface area contributed by atoms with Crippen LogP contribution in [0.1, 0.15) is 104 Å². The summed E-state index contributed by atoms with van der Waals surface area (Å²) in [5, 5.41) is 0. The molecule has 0 aliphatic heterocycles. The van der Waals surface area contributed by atoms with Gasteiger partial charge in [-0.2, -0.15) is 0 Å². The third-order valence-electron chi connectivity index (χ3n) is 9.09. The summed E-state index contributed by atoms with van der Waals surface area (Å²) in [6.45, 7) is 5.37. The van der Waals surface area contributed by atoms with Crippen molar-refractivity contribution in [3.8, 4) is 0 Å². The van der Waals surface area contributed by atoms with E-state index in [1.165, 1.54) is 51.4 Å². The average molecular weight is 317 g/mol. The molecule has 4 fully saturated rings. The Morgan fingerprint density at radius 3 is 1.83 bits per heavy atom. The molecule has 0 heterocycles. The maximum absolute atomic E-state index is 2.68. The predicted octanol–water partition coefficient (Wildman–Crippen LogP) is 7.23. The summed E-state index contributed by atoms with van der Waals surface area (Å²) in [4.78, 5) is 0. The summed E-state index contributed by atoms with van der Waals surface area (Å²) in [7, 11) is 0. The molecule has 0 saturated heterocycles. The van der Waals surface area contributed by atoms with Crippen LogP contribution in [-0.4, -0.2) is 0 Å². The van der Waals surface area contributed by atoms with Crippen LogP contribution >= 0.6 is 0 Å². The van der Waals surface area contributed by atoms with Crippen LogP contribution in [0, 0.1) is 40.9 Å².